The Bertz CT molecular complexity index is 1200. The first kappa shape index (κ1) is 23.5. The average Bonchev–Trinajstić information content (AvgIpc) is 2.90. The number of fused-ring (bicyclic) bond motifs is 2. The van der Waals surface area contributed by atoms with Gasteiger partial charge in [-0.15, -0.1) is 0 Å². The van der Waals surface area contributed by atoms with Crippen LogP contribution in [-0.4, -0.2) is 53.8 Å². The molecule has 2 aliphatic rings. The van der Waals surface area contributed by atoms with Crippen LogP contribution in [0.3, 0.4) is 0 Å². The van der Waals surface area contributed by atoms with Gasteiger partial charge >= 0.3 is 0 Å². The van der Waals surface area contributed by atoms with Gasteiger partial charge in [0.2, 0.25) is 5.88 Å². The van der Waals surface area contributed by atoms with E-state index < -0.39 is 6.10 Å². The third-order valence-electron chi connectivity index (χ3n) is 6.78. The lowest BCUT2D eigenvalue weighted by Crippen LogP contribution is -2.44. The number of ether oxygens (including phenoxy) is 2. The lowest BCUT2D eigenvalue weighted by molar-refractivity contribution is -0.118. The molecule has 1 saturated heterocycles. The first-order valence-corrected chi connectivity index (χ1v) is 12.1. The largest absolute Gasteiger partial charge is 0.482 e. The van der Waals surface area contributed by atoms with Gasteiger partial charge in [0.05, 0.1) is 36.1 Å². The molecule has 0 bridgehead atoms. The number of nitrogens with one attached hydrogen (secondary N) is 3. The topological polar surface area (TPSA) is 118 Å². The number of methoxy groups -OCH3 is 1. The van der Waals surface area contributed by atoms with Gasteiger partial charge in [-0.3, -0.25) is 4.79 Å². The van der Waals surface area contributed by atoms with Gasteiger partial charge in [-0.05, 0) is 62.0 Å². The van der Waals surface area contributed by atoms with E-state index in [1.807, 2.05) is 36.4 Å². The Morgan fingerprint density at radius 1 is 1.31 bits per heavy atom. The fraction of sp³-hybridized carbons (Fsp3) is 0.423. The zero-order valence-electron chi connectivity index (χ0n) is 19.8. The van der Waals surface area contributed by atoms with Crippen molar-refractivity contribution >= 4 is 22.6 Å². The van der Waals surface area contributed by atoms with Crippen LogP contribution in [0.2, 0.25) is 0 Å². The highest BCUT2D eigenvalue weighted by molar-refractivity contribution is 5.95. The zero-order valence-corrected chi connectivity index (χ0v) is 19.8. The summed E-state index contributed by atoms with van der Waals surface area (Å²) in [4.78, 5) is 20.7. The smallest absolute Gasteiger partial charge is 0.262 e. The minimum atomic E-state index is -0.712. The molecule has 3 unspecified atom stereocenters. The van der Waals surface area contributed by atoms with Crippen molar-refractivity contribution in [3.8, 4) is 11.6 Å². The van der Waals surface area contributed by atoms with Gasteiger partial charge in [0, 0.05) is 18.2 Å². The minimum absolute atomic E-state index is 0.0453. The molecule has 2 aromatic carbocycles. The van der Waals surface area contributed by atoms with Gasteiger partial charge in [0.1, 0.15) is 5.75 Å². The van der Waals surface area contributed by atoms with Crippen molar-refractivity contribution in [3.05, 3.63) is 53.7 Å². The molecular formula is C26H31N5O4. The molecule has 184 valence electrons. The number of aromatic nitrogens is 2. The number of anilines is 1. The fourth-order valence-electron chi connectivity index (χ4n) is 4.93. The molecule has 1 fully saturated rings. The van der Waals surface area contributed by atoms with Gasteiger partial charge in [-0.2, -0.15) is 0 Å². The molecule has 1 amide bonds. The highest BCUT2D eigenvalue weighted by atomic mass is 16.5. The summed E-state index contributed by atoms with van der Waals surface area (Å²) in [5, 5.41) is 21.4. The van der Waals surface area contributed by atoms with E-state index in [9.17, 15) is 9.90 Å². The number of aliphatic hydroxyl groups excluding tert-OH is 1. The number of hydrogen-bond acceptors (Lipinski definition) is 8. The fourth-order valence-corrected chi connectivity index (χ4v) is 4.93. The van der Waals surface area contributed by atoms with Crippen LogP contribution in [0.1, 0.15) is 36.5 Å². The van der Waals surface area contributed by atoms with E-state index in [1.165, 1.54) is 0 Å². The van der Waals surface area contributed by atoms with Crippen LogP contribution in [0.15, 0.2) is 42.6 Å². The number of aliphatic hydroxyl groups is 1. The van der Waals surface area contributed by atoms with Gasteiger partial charge in [-0.1, -0.05) is 18.2 Å². The SMILES string of the molecule is COc1cnc2cccc(C(O)CC(NCc3ccc4c(c3)NC(=O)CO4)C3CCCNC3)c2n1. The highest BCUT2D eigenvalue weighted by Gasteiger charge is 2.27. The molecule has 4 N–H and O–H groups in total. The minimum Gasteiger partial charge on any atom is -0.482 e. The molecule has 3 heterocycles. The Morgan fingerprint density at radius 2 is 2.23 bits per heavy atom. The van der Waals surface area contributed by atoms with Crippen LogP contribution in [-0.2, 0) is 11.3 Å². The third-order valence-corrected chi connectivity index (χ3v) is 6.78. The second-order valence-electron chi connectivity index (χ2n) is 9.14. The summed E-state index contributed by atoms with van der Waals surface area (Å²) in [7, 11) is 1.56. The third kappa shape index (κ3) is 5.37. The van der Waals surface area contributed by atoms with Crippen molar-refractivity contribution in [2.75, 3.05) is 32.1 Å². The maximum atomic E-state index is 11.7. The molecule has 5 rings (SSSR count). The van der Waals surface area contributed by atoms with Crippen molar-refractivity contribution in [1.82, 2.24) is 20.6 Å². The van der Waals surface area contributed by atoms with E-state index in [0.717, 1.165) is 42.6 Å². The first-order chi connectivity index (χ1) is 17.1. The second kappa shape index (κ2) is 10.6. The number of carbonyl (C=O) groups is 1. The Kier molecular flexibility index (Phi) is 7.08. The van der Waals surface area contributed by atoms with Crippen molar-refractivity contribution in [1.29, 1.82) is 0 Å². The number of hydrogen-bond donors (Lipinski definition) is 4. The second-order valence-corrected chi connectivity index (χ2v) is 9.14. The predicted molar refractivity (Wildman–Crippen MR) is 132 cm³/mol. The number of piperidine rings is 1. The molecule has 0 radical (unpaired) electrons. The summed E-state index contributed by atoms with van der Waals surface area (Å²) >= 11 is 0. The van der Waals surface area contributed by atoms with Gasteiger partial charge in [-0.25, -0.2) is 9.97 Å². The van der Waals surface area contributed by atoms with Gasteiger partial charge < -0.3 is 30.5 Å². The van der Waals surface area contributed by atoms with E-state index in [0.29, 0.717) is 41.7 Å². The molecule has 3 atom stereocenters. The number of amides is 1. The predicted octanol–water partition coefficient (Wildman–Crippen LogP) is 2.55. The lowest BCUT2D eigenvalue weighted by Gasteiger charge is -2.33. The Balaban J connectivity index is 1.35. The number of nitrogens with zero attached hydrogens (tertiary/aromatic N) is 2. The molecule has 9 heteroatoms. The molecule has 2 aliphatic heterocycles. The van der Waals surface area contributed by atoms with E-state index in [4.69, 9.17) is 9.47 Å². The van der Waals surface area contributed by atoms with E-state index in [1.54, 1.807) is 13.3 Å². The number of para-hydroxylation sites is 1. The number of rotatable bonds is 8. The normalized spacial score (nSPS) is 19.4. The summed E-state index contributed by atoms with van der Waals surface area (Å²) in [6.07, 6.45) is 3.61. The first-order valence-electron chi connectivity index (χ1n) is 12.1. The number of benzene rings is 2. The van der Waals surface area contributed by atoms with Crippen LogP contribution >= 0.6 is 0 Å². The Labute approximate surface area is 204 Å². The maximum absolute atomic E-state index is 11.7. The molecule has 3 aromatic rings. The van der Waals surface area contributed by atoms with Crippen LogP contribution in [0, 0.1) is 5.92 Å². The van der Waals surface area contributed by atoms with Crippen molar-refractivity contribution < 1.29 is 19.4 Å². The van der Waals surface area contributed by atoms with Crippen LogP contribution < -0.4 is 25.4 Å². The van der Waals surface area contributed by atoms with Crippen LogP contribution in [0.25, 0.3) is 11.0 Å². The monoisotopic (exact) mass is 477 g/mol. The molecular weight excluding hydrogens is 446 g/mol. The van der Waals surface area contributed by atoms with E-state index in [-0.39, 0.29) is 18.6 Å². The molecule has 35 heavy (non-hydrogen) atoms. The summed E-state index contributed by atoms with van der Waals surface area (Å²) in [6.45, 7) is 2.58. The Hall–Kier alpha value is -3.27. The summed E-state index contributed by atoms with van der Waals surface area (Å²) < 4.78 is 10.7. The number of carbonyl (C=O) groups excluding carboxylic acids is 1. The standard InChI is InChI=1S/C26H31N5O4/c1-34-25-14-29-19-6-2-5-18(26(19)31-25)22(32)11-20(17-4-3-9-27-13-17)28-12-16-7-8-23-21(10-16)30-24(33)15-35-23/h2,5-8,10,14,17,20,22,27-28,32H,3-4,9,11-13,15H2,1H3,(H,30,33). The Morgan fingerprint density at radius 3 is 3.06 bits per heavy atom. The molecule has 0 spiro atoms. The highest BCUT2D eigenvalue weighted by Crippen LogP contribution is 2.31. The van der Waals surface area contributed by atoms with Crippen molar-refractivity contribution in [2.24, 2.45) is 5.92 Å². The lowest BCUT2D eigenvalue weighted by atomic mass is 9.86. The molecule has 9 nitrogen and oxygen atoms in total. The zero-order chi connectivity index (χ0) is 24.2. The molecule has 1 aromatic heterocycles. The van der Waals surface area contributed by atoms with Gasteiger partial charge in [0.15, 0.2) is 6.61 Å². The van der Waals surface area contributed by atoms with E-state index in [2.05, 4.69) is 25.9 Å². The maximum Gasteiger partial charge on any atom is 0.262 e. The summed E-state index contributed by atoms with van der Waals surface area (Å²) in [5.41, 5.74) is 3.87. The van der Waals surface area contributed by atoms with Crippen molar-refractivity contribution in [2.45, 2.75) is 38.0 Å². The van der Waals surface area contributed by atoms with Crippen molar-refractivity contribution in [3.63, 3.8) is 0 Å². The summed E-state index contributed by atoms with van der Waals surface area (Å²) in [5.74, 6) is 1.34. The summed E-state index contributed by atoms with van der Waals surface area (Å²) in [6, 6.07) is 11.6. The van der Waals surface area contributed by atoms with E-state index >= 15 is 0 Å². The van der Waals surface area contributed by atoms with Gasteiger partial charge in [0.25, 0.3) is 5.91 Å². The van der Waals surface area contributed by atoms with Crippen LogP contribution in [0.4, 0.5) is 5.69 Å². The molecule has 0 saturated carbocycles. The molecule has 0 aliphatic carbocycles. The van der Waals surface area contributed by atoms with Crippen LogP contribution in [0.5, 0.6) is 11.6 Å². The average molecular weight is 478 g/mol. The quantitative estimate of drug-likeness (QED) is 0.391.